The lowest BCUT2D eigenvalue weighted by Gasteiger charge is -2.35. The molecule has 6 nitrogen and oxygen atoms in total. The molecule has 0 spiro atoms. The van der Waals surface area contributed by atoms with Gasteiger partial charge in [-0.15, -0.1) is 0 Å². The number of carboxylic acids is 1. The smallest absolute Gasteiger partial charge is 0.341 e. The lowest BCUT2D eigenvalue weighted by atomic mass is 9.94. The first-order chi connectivity index (χ1) is 7.91. The maximum atomic E-state index is 10.9. The molecule has 3 N–H and O–H groups in total. The van der Waals surface area contributed by atoms with Crippen LogP contribution in [0.3, 0.4) is 0 Å². The molecule has 1 saturated heterocycles. The summed E-state index contributed by atoms with van der Waals surface area (Å²) in [6, 6.07) is 0.104. The minimum absolute atomic E-state index is 0.0642. The molecule has 2 rings (SSSR count). The summed E-state index contributed by atoms with van der Waals surface area (Å²) in [7, 11) is 0. The van der Waals surface area contributed by atoms with Crippen LogP contribution < -0.4 is 5.73 Å². The fourth-order valence-corrected chi connectivity index (χ4v) is 2.24. The summed E-state index contributed by atoms with van der Waals surface area (Å²) in [6.07, 6.45) is 2.88. The number of hydrogen-bond donors (Lipinski definition) is 2. The molecule has 1 aromatic heterocycles. The Labute approximate surface area is 99.4 Å². The van der Waals surface area contributed by atoms with Gasteiger partial charge in [0.25, 0.3) is 0 Å². The highest BCUT2D eigenvalue weighted by molar-refractivity contribution is 5.92. The van der Waals surface area contributed by atoms with Gasteiger partial charge in [-0.2, -0.15) is 5.10 Å². The van der Waals surface area contributed by atoms with Crippen molar-refractivity contribution in [3.8, 4) is 0 Å². The molecule has 0 radical (unpaired) electrons. The highest BCUT2D eigenvalue weighted by Crippen LogP contribution is 2.33. The Bertz CT molecular complexity index is 439. The third-order valence-corrected chi connectivity index (χ3v) is 3.08. The van der Waals surface area contributed by atoms with E-state index in [1.54, 1.807) is 4.68 Å². The van der Waals surface area contributed by atoms with Crippen molar-refractivity contribution in [3.63, 3.8) is 0 Å². The average molecular weight is 239 g/mol. The van der Waals surface area contributed by atoms with Gasteiger partial charge in [-0.1, -0.05) is 0 Å². The van der Waals surface area contributed by atoms with Crippen LogP contribution >= 0.6 is 0 Å². The van der Waals surface area contributed by atoms with E-state index in [2.05, 4.69) is 5.10 Å². The zero-order valence-corrected chi connectivity index (χ0v) is 10.0. The number of hydrogen-bond acceptors (Lipinski definition) is 4. The van der Waals surface area contributed by atoms with E-state index >= 15 is 0 Å². The predicted octanol–water partition coefficient (Wildman–Crippen LogP) is 1.29. The van der Waals surface area contributed by atoms with E-state index < -0.39 is 5.97 Å². The predicted molar refractivity (Wildman–Crippen MR) is 61.9 cm³/mol. The third-order valence-electron chi connectivity index (χ3n) is 3.08. The number of nitrogens with zero attached hydrogens (tertiary/aromatic N) is 2. The third kappa shape index (κ3) is 2.26. The van der Waals surface area contributed by atoms with Gasteiger partial charge < -0.3 is 15.6 Å². The van der Waals surface area contributed by atoms with Crippen LogP contribution in [-0.2, 0) is 4.74 Å². The Morgan fingerprint density at radius 3 is 2.94 bits per heavy atom. The normalized spacial score (nSPS) is 23.5. The zero-order valence-electron chi connectivity index (χ0n) is 10.0. The molecule has 1 aromatic rings. The van der Waals surface area contributed by atoms with Gasteiger partial charge in [0, 0.05) is 6.61 Å². The monoisotopic (exact) mass is 239 g/mol. The van der Waals surface area contributed by atoms with Crippen LogP contribution in [0.1, 0.15) is 43.1 Å². The fourth-order valence-electron chi connectivity index (χ4n) is 2.24. The molecule has 2 heterocycles. The first-order valence-electron chi connectivity index (χ1n) is 5.61. The van der Waals surface area contributed by atoms with Gasteiger partial charge in [0.15, 0.2) is 0 Å². The number of anilines is 1. The van der Waals surface area contributed by atoms with E-state index in [9.17, 15) is 4.79 Å². The molecule has 0 amide bonds. The molecular weight excluding hydrogens is 222 g/mol. The summed E-state index contributed by atoms with van der Waals surface area (Å²) >= 11 is 0. The molecule has 17 heavy (non-hydrogen) atoms. The Morgan fingerprint density at radius 1 is 1.71 bits per heavy atom. The largest absolute Gasteiger partial charge is 0.477 e. The summed E-state index contributed by atoms with van der Waals surface area (Å²) in [5.41, 5.74) is 5.65. The van der Waals surface area contributed by atoms with Crippen LogP contribution in [0.2, 0.25) is 0 Å². The fraction of sp³-hybridized carbons (Fsp3) is 0.636. The minimum Gasteiger partial charge on any atom is -0.477 e. The second kappa shape index (κ2) is 4.03. The molecule has 94 valence electrons. The summed E-state index contributed by atoms with van der Waals surface area (Å²) in [6.45, 7) is 4.66. The summed E-state index contributed by atoms with van der Waals surface area (Å²) in [5.74, 6) is -0.819. The van der Waals surface area contributed by atoms with Crippen LogP contribution in [0.4, 0.5) is 5.82 Å². The van der Waals surface area contributed by atoms with E-state index in [0.717, 1.165) is 12.8 Å². The minimum atomic E-state index is -1.04. The van der Waals surface area contributed by atoms with Gasteiger partial charge in [0.2, 0.25) is 0 Å². The van der Waals surface area contributed by atoms with Crippen molar-refractivity contribution < 1.29 is 14.6 Å². The molecule has 0 aromatic carbocycles. The van der Waals surface area contributed by atoms with Crippen LogP contribution in [0, 0.1) is 0 Å². The molecule has 1 atom stereocenters. The van der Waals surface area contributed by atoms with Crippen molar-refractivity contribution in [2.24, 2.45) is 0 Å². The van der Waals surface area contributed by atoms with E-state index in [1.807, 2.05) is 13.8 Å². The van der Waals surface area contributed by atoms with E-state index in [0.29, 0.717) is 6.61 Å². The quantitative estimate of drug-likeness (QED) is 0.811. The van der Waals surface area contributed by atoms with Gasteiger partial charge in [-0.3, -0.25) is 0 Å². The van der Waals surface area contributed by atoms with Crippen LogP contribution in [0.5, 0.6) is 0 Å². The number of carboxylic acid groups (broad SMARTS) is 1. The lowest BCUT2D eigenvalue weighted by molar-refractivity contribution is -0.0704. The molecule has 1 fully saturated rings. The van der Waals surface area contributed by atoms with E-state index in [-0.39, 0.29) is 23.0 Å². The van der Waals surface area contributed by atoms with Crippen molar-refractivity contribution in [2.45, 2.75) is 38.3 Å². The standard InChI is InChI=1S/C11H17N3O3/c1-11(2)5-7(3-4-17-11)14-9(12)8(6-13-14)10(15)16/h6-7H,3-5,12H2,1-2H3,(H,15,16). The molecule has 0 saturated carbocycles. The van der Waals surface area contributed by atoms with Crippen molar-refractivity contribution in [1.29, 1.82) is 0 Å². The van der Waals surface area contributed by atoms with Gasteiger partial charge in [0.1, 0.15) is 11.4 Å². The maximum Gasteiger partial charge on any atom is 0.341 e. The number of nitrogen functional groups attached to an aromatic ring is 1. The molecular formula is C11H17N3O3. The average Bonchev–Trinajstić information content (AvgIpc) is 2.58. The first-order valence-corrected chi connectivity index (χ1v) is 5.61. The Kier molecular flexibility index (Phi) is 2.82. The Morgan fingerprint density at radius 2 is 2.41 bits per heavy atom. The number of aromatic carboxylic acids is 1. The summed E-state index contributed by atoms with van der Waals surface area (Å²) in [4.78, 5) is 10.9. The van der Waals surface area contributed by atoms with E-state index in [4.69, 9.17) is 15.6 Å². The van der Waals surface area contributed by atoms with Crippen molar-refractivity contribution in [2.75, 3.05) is 12.3 Å². The molecule has 0 aliphatic carbocycles. The van der Waals surface area contributed by atoms with Crippen LogP contribution in [0.15, 0.2) is 6.20 Å². The van der Waals surface area contributed by atoms with Crippen LogP contribution in [0.25, 0.3) is 0 Å². The molecule has 1 unspecified atom stereocenters. The molecule has 6 heteroatoms. The SMILES string of the molecule is CC1(C)CC(n2ncc(C(=O)O)c2N)CCO1. The Balaban J connectivity index is 2.25. The number of rotatable bonds is 2. The summed E-state index contributed by atoms with van der Waals surface area (Å²) < 4.78 is 7.22. The van der Waals surface area contributed by atoms with E-state index in [1.165, 1.54) is 6.20 Å². The first kappa shape index (κ1) is 11.9. The van der Waals surface area contributed by atoms with Gasteiger partial charge in [-0.25, -0.2) is 9.48 Å². The number of carbonyl (C=O) groups is 1. The molecule has 1 aliphatic rings. The topological polar surface area (TPSA) is 90.4 Å². The van der Waals surface area contributed by atoms with Crippen molar-refractivity contribution in [1.82, 2.24) is 9.78 Å². The van der Waals surface area contributed by atoms with Gasteiger partial charge in [0.05, 0.1) is 17.8 Å². The lowest BCUT2D eigenvalue weighted by Crippen LogP contribution is -2.35. The number of aromatic nitrogens is 2. The zero-order chi connectivity index (χ0) is 12.6. The van der Waals surface area contributed by atoms with Crippen molar-refractivity contribution >= 4 is 11.8 Å². The summed E-state index contributed by atoms with van der Waals surface area (Å²) in [5, 5.41) is 13.0. The van der Waals surface area contributed by atoms with Gasteiger partial charge >= 0.3 is 5.97 Å². The second-order valence-electron chi connectivity index (χ2n) is 4.95. The second-order valence-corrected chi connectivity index (χ2v) is 4.95. The highest BCUT2D eigenvalue weighted by Gasteiger charge is 2.31. The Hall–Kier alpha value is -1.56. The number of ether oxygens (including phenoxy) is 1. The highest BCUT2D eigenvalue weighted by atomic mass is 16.5. The number of nitrogens with two attached hydrogens (primary N) is 1. The van der Waals surface area contributed by atoms with Crippen molar-refractivity contribution in [3.05, 3.63) is 11.8 Å². The van der Waals surface area contributed by atoms with Crippen LogP contribution in [-0.4, -0.2) is 33.1 Å². The molecule has 0 bridgehead atoms. The van der Waals surface area contributed by atoms with Gasteiger partial charge in [-0.05, 0) is 26.7 Å². The maximum absolute atomic E-state index is 10.9. The molecule has 1 aliphatic heterocycles.